The van der Waals surface area contributed by atoms with Crippen LogP contribution < -0.4 is 18.6 Å². The van der Waals surface area contributed by atoms with Gasteiger partial charge >= 0.3 is 0 Å². The fourth-order valence-corrected chi connectivity index (χ4v) is 2.39. The summed E-state index contributed by atoms with van der Waals surface area (Å²) < 4.78 is 1.21. The summed E-state index contributed by atoms with van der Waals surface area (Å²) in [4.78, 5) is 0. The Morgan fingerprint density at radius 3 is 1.47 bits per heavy atom. The molecule has 0 saturated heterocycles. The molecule has 19 heavy (non-hydrogen) atoms. The monoisotopic (exact) mass is 316 g/mol. The van der Waals surface area contributed by atoms with Crippen molar-refractivity contribution in [3.05, 3.63) is 0 Å². The molecule has 0 aliphatic heterocycles. The Bertz CT molecular complexity index is 153. The largest absolute Gasteiger partial charge is 1.00 e. The Morgan fingerprint density at radius 1 is 0.632 bits per heavy atom. The van der Waals surface area contributed by atoms with Gasteiger partial charge in [0.15, 0.2) is 0 Å². The van der Waals surface area contributed by atoms with E-state index < -0.39 is 0 Å². The summed E-state index contributed by atoms with van der Waals surface area (Å²) >= 11 is 0. The fraction of sp³-hybridized carbons (Fsp3) is 1.00. The molecule has 0 heterocycles. The Hall–Kier alpha value is 0.500. The van der Waals surface area contributed by atoms with Gasteiger partial charge in [-0.3, -0.25) is 0 Å². The second kappa shape index (κ2) is 18.5. The number of hydrogen-bond acceptors (Lipinski definition) is 1. The van der Waals surface area contributed by atoms with Crippen LogP contribution >= 0.6 is 12.4 Å². The maximum atomic E-state index is 2.37. The van der Waals surface area contributed by atoms with Gasteiger partial charge in [-0.2, -0.15) is 0 Å². The van der Waals surface area contributed by atoms with E-state index in [0.717, 1.165) is 0 Å². The lowest BCUT2D eigenvalue weighted by Gasteiger charge is -2.29. The van der Waals surface area contributed by atoms with Crippen molar-refractivity contribution in [2.75, 3.05) is 27.2 Å². The number of quaternary nitrogens is 1. The molecule has 122 valence electrons. The zero-order chi connectivity index (χ0) is 12.3. The van der Waals surface area contributed by atoms with Gasteiger partial charge in [-0.15, -0.1) is 12.4 Å². The SMILES string of the molecule is CCCCCCCCCC[N+](C)(C)CCC.Cl.N.[Cl-]. The molecule has 0 unspecified atom stereocenters. The quantitative estimate of drug-likeness (QED) is 0.460. The van der Waals surface area contributed by atoms with Crippen molar-refractivity contribution in [1.29, 1.82) is 0 Å². The van der Waals surface area contributed by atoms with E-state index in [1.807, 2.05) is 0 Å². The van der Waals surface area contributed by atoms with Crippen LogP contribution in [0.4, 0.5) is 0 Å². The van der Waals surface area contributed by atoms with E-state index in [1.165, 1.54) is 75.4 Å². The van der Waals surface area contributed by atoms with Gasteiger partial charge in [0.05, 0.1) is 27.2 Å². The van der Waals surface area contributed by atoms with Crippen LogP contribution in [0.3, 0.4) is 0 Å². The predicted octanol–water partition coefficient (Wildman–Crippen LogP) is 2.20. The highest BCUT2D eigenvalue weighted by atomic mass is 35.5. The van der Waals surface area contributed by atoms with Gasteiger partial charge in [-0.25, -0.2) is 0 Å². The lowest BCUT2D eigenvalue weighted by Crippen LogP contribution is -3.00. The number of nitrogens with zero attached hydrogens (tertiary/aromatic N) is 1. The minimum absolute atomic E-state index is 0. The topological polar surface area (TPSA) is 35.0 Å². The molecule has 0 aliphatic rings. The Balaban J connectivity index is -0.000000375. The van der Waals surface area contributed by atoms with Crippen molar-refractivity contribution < 1.29 is 16.9 Å². The molecule has 0 spiro atoms. The van der Waals surface area contributed by atoms with Crippen molar-refractivity contribution >= 4 is 12.4 Å². The molecule has 0 aromatic carbocycles. The van der Waals surface area contributed by atoms with Crippen molar-refractivity contribution in [2.45, 2.75) is 71.6 Å². The minimum atomic E-state index is 0. The van der Waals surface area contributed by atoms with Crippen LogP contribution in [0.5, 0.6) is 0 Å². The van der Waals surface area contributed by atoms with Gasteiger partial charge in [0, 0.05) is 0 Å². The summed E-state index contributed by atoms with van der Waals surface area (Å²) in [6, 6.07) is 0. The molecular formula is C15H38Cl2N2. The molecule has 2 nitrogen and oxygen atoms in total. The van der Waals surface area contributed by atoms with E-state index in [9.17, 15) is 0 Å². The summed E-state index contributed by atoms with van der Waals surface area (Å²) in [5.41, 5.74) is 0. The smallest absolute Gasteiger partial charge is 0.0782 e. The first-order chi connectivity index (χ1) is 7.62. The molecule has 3 N–H and O–H groups in total. The maximum absolute atomic E-state index is 2.37. The summed E-state index contributed by atoms with van der Waals surface area (Å²) in [5, 5.41) is 0. The lowest BCUT2D eigenvalue weighted by atomic mass is 10.1. The Labute approximate surface area is 134 Å². The van der Waals surface area contributed by atoms with Crippen LogP contribution in [-0.4, -0.2) is 31.7 Å². The van der Waals surface area contributed by atoms with Crippen molar-refractivity contribution in [3.8, 4) is 0 Å². The minimum Gasteiger partial charge on any atom is -1.00 e. The van der Waals surface area contributed by atoms with E-state index in [-0.39, 0.29) is 31.0 Å². The van der Waals surface area contributed by atoms with Crippen molar-refractivity contribution in [3.63, 3.8) is 0 Å². The molecule has 0 amide bonds. The molecule has 0 rings (SSSR count). The summed E-state index contributed by atoms with van der Waals surface area (Å²) in [7, 11) is 4.73. The molecule has 0 aromatic rings. The second-order valence-corrected chi connectivity index (χ2v) is 5.86. The highest BCUT2D eigenvalue weighted by molar-refractivity contribution is 5.85. The van der Waals surface area contributed by atoms with Crippen LogP contribution in [0.2, 0.25) is 0 Å². The van der Waals surface area contributed by atoms with Crippen molar-refractivity contribution in [2.24, 2.45) is 0 Å². The molecule has 0 radical (unpaired) electrons. The first-order valence-corrected chi connectivity index (χ1v) is 7.44. The van der Waals surface area contributed by atoms with Gasteiger partial charge in [0.2, 0.25) is 0 Å². The Kier molecular flexibility index (Phi) is 27.0. The Morgan fingerprint density at radius 2 is 1.05 bits per heavy atom. The molecule has 0 aliphatic carbocycles. The molecule has 4 heteroatoms. The van der Waals surface area contributed by atoms with Crippen LogP contribution in [0.1, 0.15) is 71.6 Å². The summed E-state index contributed by atoms with van der Waals surface area (Å²) in [6.07, 6.45) is 12.8. The molecule has 0 saturated carbocycles. The second-order valence-electron chi connectivity index (χ2n) is 5.86. The molecule has 0 fully saturated rings. The first-order valence-electron chi connectivity index (χ1n) is 7.44. The van der Waals surface area contributed by atoms with Crippen LogP contribution in [-0.2, 0) is 0 Å². The van der Waals surface area contributed by atoms with Gasteiger partial charge in [0.1, 0.15) is 0 Å². The van der Waals surface area contributed by atoms with E-state index in [0.29, 0.717) is 0 Å². The third kappa shape index (κ3) is 21.0. The molecule has 0 aromatic heterocycles. The highest BCUT2D eigenvalue weighted by Gasteiger charge is 2.11. The summed E-state index contributed by atoms with van der Waals surface area (Å²) in [6.45, 7) is 7.26. The van der Waals surface area contributed by atoms with Crippen LogP contribution in [0.25, 0.3) is 0 Å². The summed E-state index contributed by atoms with van der Waals surface area (Å²) in [5.74, 6) is 0. The fourth-order valence-electron chi connectivity index (χ4n) is 2.39. The lowest BCUT2D eigenvalue weighted by molar-refractivity contribution is -0.890. The van der Waals surface area contributed by atoms with E-state index in [1.54, 1.807) is 0 Å². The van der Waals surface area contributed by atoms with E-state index in [4.69, 9.17) is 0 Å². The highest BCUT2D eigenvalue weighted by Crippen LogP contribution is 2.10. The average Bonchev–Trinajstić information content (AvgIpc) is 2.22. The molecule has 0 bridgehead atoms. The van der Waals surface area contributed by atoms with Crippen molar-refractivity contribution in [1.82, 2.24) is 6.15 Å². The van der Waals surface area contributed by atoms with Crippen LogP contribution in [0, 0.1) is 0 Å². The number of rotatable bonds is 11. The van der Waals surface area contributed by atoms with Gasteiger partial charge in [-0.1, -0.05) is 52.4 Å². The zero-order valence-corrected chi connectivity index (χ0v) is 15.3. The van der Waals surface area contributed by atoms with Gasteiger partial charge in [0.25, 0.3) is 0 Å². The third-order valence-electron chi connectivity index (χ3n) is 3.45. The standard InChI is InChI=1S/C15H34N.2ClH.H3N/c1-5-7-8-9-10-11-12-13-15-16(3,4)14-6-2;;;/h5-15H2,1-4H3;2*1H;1H3/q+1;;;/p-1. The van der Waals surface area contributed by atoms with E-state index >= 15 is 0 Å². The van der Waals surface area contributed by atoms with Gasteiger partial charge in [-0.05, 0) is 19.3 Å². The predicted molar refractivity (Wildman–Crippen MR) is 87.0 cm³/mol. The maximum Gasteiger partial charge on any atom is 0.0782 e. The molecule has 0 atom stereocenters. The normalized spacial score (nSPS) is 10.1. The first kappa shape index (κ1) is 27.8. The van der Waals surface area contributed by atoms with Crippen LogP contribution in [0.15, 0.2) is 0 Å². The zero-order valence-electron chi connectivity index (χ0n) is 13.7. The van der Waals surface area contributed by atoms with E-state index in [2.05, 4.69) is 27.9 Å². The molecular weight excluding hydrogens is 279 g/mol. The number of halogens is 2. The van der Waals surface area contributed by atoms with Gasteiger partial charge < -0.3 is 23.0 Å². The third-order valence-corrected chi connectivity index (χ3v) is 3.45. The number of hydrogen-bond donors (Lipinski definition) is 1. The average molecular weight is 317 g/mol. The number of unbranched alkanes of at least 4 members (excludes halogenated alkanes) is 7.